The summed E-state index contributed by atoms with van der Waals surface area (Å²) in [4.78, 5) is 30.6. The molecule has 0 aromatic carbocycles. The minimum Gasteiger partial charge on any atom is -0.475 e. The van der Waals surface area contributed by atoms with Crippen molar-refractivity contribution in [2.24, 2.45) is 5.92 Å². The highest BCUT2D eigenvalue weighted by Crippen LogP contribution is 2.39. The Morgan fingerprint density at radius 2 is 1.75 bits per heavy atom. The summed E-state index contributed by atoms with van der Waals surface area (Å²) in [6.07, 6.45) is 9.59. The summed E-state index contributed by atoms with van der Waals surface area (Å²) in [5, 5.41) is 7.12. The monoisotopic (exact) mass is 455 g/mol. The lowest BCUT2D eigenvalue weighted by Crippen LogP contribution is -2.53. The molecule has 178 valence electrons. The van der Waals surface area contributed by atoms with E-state index in [1.807, 2.05) is 18.5 Å². The number of amides is 1. The van der Waals surface area contributed by atoms with Crippen LogP contribution in [0.15, 0.2) is 24.5 Å². The van der Waals surface area contributed by atoms with Gasteiger partial charge in [0.25, 0.3) is 0 Å². The number of piperidine rings is 1. The third kappa shape index (κ3) is 6.43. The summed E-state index contributed by atoms with van der Waals surface area (Å²) in [7, 11) is 0. The molecule has 2 aliphatic heterocycles. The number of aliphatic carboxylic acids is 1. The lowest BCUT2D eigenvalue weighted by atomic mass is 9.84. The Hall–Kier alpha value is -2.16. The maximum atomic E-state index is 12.6. The molecule has 3 heterocycles. The molecule has 0 atom stereocenters. The highest BCUT2D eigenvalue weighted by Gasteiger charge is 2.43. The molecule has 1 aromatic rings. The van der Waals surface area contributed by atoms with Gasteiger partial charge in [0, 0.05) is 44.0 Å². The molecular weight excluding hydrogens is 423 g/mol. The number of hydrogen-bond donors (Lipinski definition) is 1. The van der Waals surface area contributed by atoms with Gasteiger partial charge in [0.1, 0.15) is 0 Å². The topological polar surface area (TPSA) is 73.7 Å². The van der Waals surface area contributed by atoms with Crippen LogP contribution in [-0.4, -0.2) is 63.1 Å². The normalized spacial score (nSPS) is 21.4. The summed E-state index contributed by atoms with van der Waals surface area (Å²) in [6, 6.07) is 4.21. The second kappa shape index (κ2) is 10.6. The lowest BCUT2D eigenvalue weighted by Gasteiger charge is -2.45. The van der Waals surface area contributed by atoms with Crippen LogP contribution in [0.4, 0.5) is 13.2 Å². The Kier molecular flexibility index (Phi) is 8.14. The highest BCUT2D eigenvalue weighted by molar-refractivity contribution is 5.76. The smallest absolute Gasteiger partial charge is 0.475 e. The number of aromatic nitrogens is 1. The molecule has 9 heteroatoms. The van der Waals surface area contributed by atoms with E-state index in [-0.39, 0.29) is 0 Å². The van der Waals surface area contributed by atoms with Crippen LogP contribution in [0.2, 0.25) is 0 Å². The second-order valence-corrected chi connectivity index (χ2v) is 9.15. The zero-order valence-electron chi connectivity index (χ0n) is 18.3. The number of carbonyl (C=O) groups excluding carboxylic acids is 1. The second-order valence-electron chi connectivity index (χ2n) is 9.15. The predicted molar refractivity (Wildman–Crippen MR) is 113 cm³/mol. The summed E-state index contributed by atoms with van der Waals surface area (Å²) >= 11 is 0. The zero-order valence-corrected chi connectivity index (χ0v) is 18.3. The van der Waals surface area contributed by atoms with Gasteiger partial charge in [0.2, 0.25) is 5.91 Å². The number of hydrogen-bond acceptors (Lipinski definition) is 4. The van der Waals surface area contributed by atoms with Crippen LogP contribution in [0.3, 0.4) is 0 Å². The fourth-order valence-corrected chi connectivity index (χ4v) is 5.28. The van der Waals surface area contributed by atoms with Gasteiger partial charge in [0.15, 0.2) is 0 Å². The fourth-order valence-electron chi connectivity index (χ4n) is 5.28. The van der Waals surface area contributed by atoms with Gasteiger partial charge in [-0.25, -0.2) is 4.79 Å². The maximum absolute atomic E-state index is 12.6. The summed E-state index contributed by atoms with van der Waals surface area (Å²) < 4.78 is 31.7. The van der Waals surface area contributed by atoms with Crippen molar-refractivity contribution in [1.82, 2.24) is 14.8 Å². The third-order valence-electron chi connectivity index (χ3n) is 7.06. The number of carboxylic acids is 1. The molecule has 3 fully saturated rings. The molecule has 1 saturated carbocycles. The minimum absolute atomic E-state index is 0.319. The first-order valence-corrected chi connectivity index (χ1v) is 11.4. The van der Waals surface area contributed by atoms with E-state index in [1.165, 1.54) is 50.6 Å². The van der Waals surface area contributed by atoms with Crippen LogP contribution in [0, 0.1) is 5.92 Å². The number of alkyl halides is 3. The standard InChI is InChI=1S/C21H31N3O.C2HF3O2/c25-20(15-18-5-1-2-6-18)23-13-9-21(10-14-23)8-4-12-24(21)17-19-7-3-11-22-16-19;3-2(4,5)1(6)7/h3,7,11,16,18H,1-2,4-6,8-10,12-15,17H2;(H,6,7). The summed E-state index contributed by atoms with van der Waals surface area (Å²) in [5.74, 6) is -1.68. The Labute approximate surface area is 186 Å². The highest BCUT2D eigenvalue weighted by atomic mass is 19.4. The molecule has 0 radical (unpaired) electrons. The van der Waals surface area contributed by atoms with E-state index in [2.05, 4.69) is 20.9 Å². The molecule has 2 saturated heterocycles. The number of nitrogens with zero attached hydrogens (tertiary/aromatic N) is 3. The van der Waals surface area contributed by atoms with Crippen molar-refractivity contribution in [2.45, 2.75) is 76.0 Å². The molecule has 0 unspecified atom stereocenters. The molecule has 1 spiro atoms. The van der Waals surface area contributed by atoms with Gasteiger partial charge >= 0.3 is 12.1 Å². The molecule has 1 aromatic heterocycles. The van der Waals surface area contributed by atoms with Crippen molar-refractivity contribution in [2.75, 3.05) is 19.6 Å². The molecule has 6 nitrogen and oxygen atoms in total. The van der Waals surface area contributed by atoms with Gasteiger partial charge in [-0.1, -0.05) is 18.9 Å². The van der Waals surface area contributed by atoms with E-state index in [9.17, 15) is 18.0 Å². The van der Waals surface area contributed by atoms with Crippen molar-refractivity contribution in [3.63, 3.8) is 0 Å². The van der Waals surface area contributed by atoms with Crippen LogP contribution in [0.5, 0.6) is 0 Å². The van der Waals surface area contributed by atoms with Crippen LogP contribution >= 0.6 is 0 Å². The molecule has 0 bridgehead atoms. The minimum atomic E-state index is -5.08. The van der Waals surface area contributed by atoms with E-state index in [0.29, 0.717) is 17.4 Å². The SMILES string of the molecule is O=C(CC1CCCC1)N1CCC2(CCCN2Cc2cccnc2)CC1.O=C(O)C(F)(F)F. The van der Waals surface area contributed by atoms with E-state index < -0.39 is 12.1 Å². The predicted octanol–water partition coefficient (Wildman–Crippen LogP) is 4.25. The average Bonchev–Trinajstić information content (AvgIpc) is 3.40. The Balaban J connectivity index is 0.000000360. The van der Waals surface area contributed by atoms with Gasteiger partial charge in [-0.2, -0.15) is 13.2 Å². The number of rotatable bonds is 4. The molecule has 3 aliphatic rings. The van der Waals surface area contributed by atoms with E-state index in [1.54, 1.807) is 0 Å². The van der Waals surface area contributed by atoms with Crippen LogP contribution in [-0.2, 0) is 16.1 Å². The molecule has 1 amide bonds. The van der Waals surface area contributed by atoms with Crippen molar-refractivity contribution in [3.05, 3.63) is 30.1 Å². The average molecular weight is 456 g/mol. The first-order valence-electron chi connectivity index (χ1n) is 11.4. The zero-order chi connectivity index (χ0) is 23.2. The molecule has 1 N–H and O–H groups in total. The van der Waals surface area contributed by atoms with Crippen LogP contribution in [0.25, 0.3) is 0 Å². The Morgan fingerprint density at radius 1 is 1.09 bits per heavy atom. The van der Waals surface area contributed by atoms with Gasteiger partial charge in [-0.15, -0.1) is 0 Å². The lowest BCUT2D eigenvalue weighted by molar-refractivity contribution is -0.192. The van der Waals surface area contributed by atoms with Crippen LogP contribution < -0.4 is 0 Å². The quantitative estimate of drug-likeness (QED) is 0.735. The number of carboxylic acid groups (broad SMARTS) is 1. The van der Waals surface area contributed by atoms with Gasteiger partial charge in [-0.05, 0) is 62.6 Å². The number of halogens is 3. The van der Waals surface area contributed by atoms with E-state index in [4.69, 9.17) is 9.90 Å². The maximum Gasteiger partial charge on any atom is 0.490 e. The first-order chi connectivity index (χ1) is 15.2. The van der Waals surface area contributed by atoms with Crippen LogP contribution in [0.1, 0.15) is 63.4 Å². The van der Waals surface area contributed by atoms with Crippen molar-refractivity contribution in [3.8, 4) is 0 Å². The number of pyridine rings is 1. The molecular formula is C23H32F3N3O3. The van der Waals surface area contributed by atoms with Gasteiger partial charge in [0.05, 0.1) is 0 Å². The van der Waals surface area contributed by atoms with Gasteiger partial charge in [-0.3, -0.25) is 14.7 Å². The number of carbonyl (C=O) groups is 2. The molecule has 4 rings (SSSR count). The van der Waals surface area contributed by atoms with Crippen molar-refractivity contribution in [1.29, 1.82) is 0 Å². The fraction of sp³-hybridized carbons (Fsp3) is 0.696. The Morgan fingerprint density at radius 3 is 2.31 bits per heavy atom. The largest absolute Gasteiger partial charge is 0.490 e. The Bertz CT molecular complexity index is 759. The van der Waals surface area contributed by atoms with E-state index >= 15 is 0 Å². The third-order valence-corrected chi connectivity index (χ3v) is 7.06. The number of likely N-dealkylation sites (tertiary alicyclic amines) is 2. The first kappa shape index (κ1) is 24.5. The van der Waals surface area contributed by atoms with E-state index in [0.717, 1.165) is 38.9 Å². The summed E-state index contributed by atoms with van der Waals surface area (Å²) in [5.41, 5.74) is 1.63. The molecule has 1 aliphatic carbocycles. The molecule has 32 heavy (non-hydrogen) atoms. The summed E-state index contributed by atoms with van der Waals surface area (Å²) in [6.45, 7) is 4.10. The van der Waals surface area contributed by atoms with Crippen molar-refractivity contribution < 1.29 is 27.9 Å². The van der Waals surface area contributed by atoms with Crippen molar-refractivity contribution >= 4 is 11.9 Å². The van der Waals surface area contributed by atoms with Gasteiger partial charge < -0.3 is 10.0 Å².